The predicted molar refractivity (Wildman–Crippen MR) is 105 cm³/mol. The van der Waals surface area contributed by atoms with Crippen molar-refractivity contribution < 1.29 is 9.59 Å². The van der Waals surface area contributed by atoms with Gasteiger partial charge in [-0.15, -0.1) is 21.5 Å². The molecule has 3 heterocycles. The zero-order valence-electron chi connectivity index (χ0n) is 14.9. The van der Waals surface area contributed by atoms with Crippen LogP contribution < -0.4 is 5.32 Å². The molecule has 2 aromatic rings. The van der Waals surface area contributed by atoms with E-state index in [0.29, 0.717) is 18.2 Å². The van der Waals surface area contributed by atoms with E-state index in [-0.39, 0.29) is 17.7 Å². The van der Waals surface area contributed by atoms with Crippen LogP contribution in [0.25, 0.3) is 0 Å². The average molecular weight is 393 g/mol. The van der Waals surface area contributed by atoms with Gasteiger partial charge in [-0.3, -0.25) is 9.59 Å². The SMILES string of the molecule is CCCCCc1nnc(NC(=O)C2CCCN(C(=O)c3cccs3)C2)s1. The summed E-state index contributed by atoms with van der Waals surface area (Å²) in [4.78, 5) is 27.6. The second-order valence-electron chi connectivity index (χ2n) is 6.51. The number of thiophene rings is 1. The van der Waals surface area contributed by atoms with Crippen LogP contribution in [0.4, 0.5) is 5.13 Å². The third-order valence-electron chi connectivity index (χ3n) is 4.50. The first-order valence-corrected chi connectivity index (χ1v) is 10.8. The van der Waals surface area contributed by atoms with Gasteiger partial charge in [0, 0.05) is 19.5 Å². The summed E-state index contributed by atoms with van der Waals surface area (Å²) in [7, 11) is 0. The molecule has 0 bridgehead atoms. The van der Waals surface area contributed by atoms with Crippen LogP contribution in [0, 0.1) is 5.92 Å². The minimum atomic E-state index is -0.194. The first-order chi connectivity index (χ1) is 12.7. The van der Waals surface area contributed by atoms with Crippen molar-refractivity contribution in [3.63, 3.8) is 0 Å². The first kappa shape index (κ1) is 19.0. The number of hydrogen-bond acceptors (Lipinski definition) is 6. The van der Waals surface area contributed by atoms with E-state index in [4.69, 9.17) is 0 Å². The van der Waals surface area contributed by atoms with E-state index in [1.165, 1.54) is 35.5 Å². The third kappa shape index (κ3) is 4.88. The number of anilines is 1. The largest absolute Gasteiger partial charge is 0.337 e. The number of carbonyl (C=O) groups excluding carboxylic acids is 2. The molecular formula is C18H24N4O2S2. The maximum atomic E-state index is 12.6. The Balaban J connectivity index is 1.53. The normalized spacial score (nSPS) is 17.3. The van der Waals surface area contributed by atoms with Crippen LogP contribution >= 0.6 is 22.7 Å². The van der Waals surface area contributed by atoms with E-state index in [1.54, 1.807) is 4.90 Å². The van der Waals surface area contributed by atoms with Gasteiger partial charge in [0.05, 0.1) is 10.8 Å². The second kappa shape index (κ2) is 9.23. The minimum Gasteiger partial charge on any atom is -0.337 e. The van der Waals surface area contributed by atoms with Gasteiger partial charge >= 0.3 is 0 Å². The first-order valence-electron chi connectivity index (χ1n) is 9.13. The third-order valence-corrected chi connectivity index (χ3v) is 6.26. The Kier molecular flexibility index (Phi) is 6.73. The molecule has 0 saturated carbocycles. The number of aryl methyl sites for hydroxylation is 1. The highest BCUT2D eigenvalue weighted by atomic mass is 32.1. The lowest BCUT2D eigenvalue weighted by atomic mass is 9.97. The average Bonchev–Trinajstić information content (AvgIpc) is 3.34. The summed E-state index contributed by atoms with van der Waals surface area (Å²) < 4.78 is 0. The number of nitrogens with zero attached hydrogens (tertiary/aromatic N) is 3. The van der Waals surface area contributed by atoms with Gasteiger partial charge in [0.25, 0.3) is 5.91 Å². The number of rotatable bonds is 7. The van der Waals surface area contributed by atoms with E-state index in [9.17, 15) is 9.59 Å². The molecule has 1 unspecified atom stereocenters. The lowest BCUT2D eigenvalue weighted by Crippen LogP contribution is -2.43. The van der Waals surface area contributed by atoms with Crippen LogP contribution in [-0.2, 0) is 11.2 Å². The molecule has 140 valence electrons. The molecule has 1 atom stereocenters. The Hall–Kier alpha value is -1.80. The molecule has 1 aliphatic rings. The van der Waals surface area contributed by atoms with Crippen molar-refractivity contribution in [2.45, 2.75) is 45.4 Å². The molecule has 26 heavy (non-hydrogen) atoms. The Morgan fingerprint density at radius 3 is 3.00 bits per heavy atom. The summed E-state index contributed by atoms with van der Waals surface area (Å²) in [6, 6.07) is 3.71. The number of amides is 2. The Labute approximate surface area is 161 Å². The number of unbranched alkanes of at least 4 members (excludes halogenated alkanes) is 2. The van der Waals surface area contributed by atoms with Crippen LogP contribution in [0.5, 0.6) is 0 Å². The summed E-state index contributed by atoms with van der Waals surface area (Å²) in [6.45, 7) is 3.34. The van der Waals surface area contributed by atoms with Crippen molar-refractivity contribution in [2.24, 2.45) is 5.92 Å². The topological polar surface area (TPSA) is 75.2 Å². The van der Waals surface area contributed by atoms with Gasteiger partial charge in [0.1, 0.15) is 5.01 Å². The molecular weight excluding hydrogens is 368 g/mol. The summed E-state index contributed by atoms with van der Waals surface area (Å²) in [5.41, 5.74) is 0. The number of nitrogens with one attached hydrogen (secondary N) is 1. The number of likely N-dealkylation sites (tertiary alicyclic amines) is 1. The molecule has 0 radical (unpaired) electrons. The molecule has 1 fully saturated rings. The number of aromatic nitrogens is 2. The van der Waals surface area contributed by atoms with Gasteiger partial charge < -0.3 is 10.2 Å². The highest BCUT2D eigenvalue weighted by molar-refractivity contribution is 7.15. The Morgan fingerprint density at radius 2 is 2.23 bits per heavy atom. The Bertz CT molecular complexity index is 729. The second-order valence-corrected chi connectivity index (χ2v) is 8.52. The van der Waals surface area contributed by atoms with Crippen molar-refractivity contribution in [1.82, 2.24) is 15.1 Å². The molecule has 1 aliphatic heterocycles. The molecule has 2 aromatic heterocycles. The monoisotopic (exact) mass is 392 g/mol. The molecule has 1 saturated heterocycles. The minimum absolute atomic E-state index is 0.0200. The van der Waals surface area contributed by atoms with Gasteiger partial charge in [0.15, 0.2) is 0 Å². The molecule has 0 aliphatic carbocycles. The van der Waals surface area contributed by atoms with Crippen molar-refractivity contribution in [1.29, 1.82) is 0 Å². The highest BCUT2D eigenvalue weighted by Gasteiger charge is 2.29. The zero-order valence-corrected chi connectivity index (χ0v) is 16.6. The van der Waals surface area contributed by atoms with Crippen molar-refractivity contribution in [3.8, 4) is 0 Å². The lowest BCUT2D eigenvalue weighted by Gasteiger charge is -2.31. The van der Waals surface area contributed by atoms with Crippen LogP contribution in [0.3, 0.4) is 0 Å². The fourth-order valence-corrected chi connectivity index (χ4v) is 4.55. The number of carbonyl (C=O) groups is 2. The quantitative estimate of drug-likeness (QED) is 0.727. The van der Waals surface area contributed by atoms with Gasteiger partial charge in [0.2, 0.25) is 11.0 Å². The maximum Gasteiger partial charge on any atom is 0.263 e. The molecule has 0 spiro atoms. The Morgan fingerprint density at radius 1 is 1.35 bits per heavy atom. The summed E-state index contributed by atoms with van der Waals surface area (Å²) in [5, 5.41) is 14.5. The van der Waals surface area contributed by atoms with Gasteiger partial charge in [-0.25, -0.2) is 0 Å². The smallest absolute Gasteiger partial charge is 0.263 e. The predicted octanol–water partition coefficient (Wildman–Crippen LogP) is 3.82. The number of piperidine rings is 1. The molecule has 0 aromatic carbocycles. The maximum absolute atomic E-state index is 12.6. The molecule has 8 heteroatoms. The van der Waals surface area contributed by atoms with E-state index in [0.717, 1.165) is 35.6 Å². The summed E-state index contributed by atoms with van der Waals surface area (Å²) >= 11 is 2.89. The van der Waals surface area contributed by atoms with Crippen molar-refractivity contribution >= 4 is 39.6 Å². The molecule has 2 amide bonds. The van der Waals surface area contributed by atoms with E-state index >= 15 is 0 Å². The van der Waals surface area contributed by atoms with Crippen LogP contribution in [0.2, 0.25) is 0 Å². The van der Waals surface area contributed by atoms with Crippen molar-refractivity contribution in [2.75, 3.05) is 18.4 Å². The van der Waals surface area contributed by atoms with Crippen LogP contribution in [0.1, 0.15) is 53.7 Å². The van der Waals surface area contributed by atoms with Crippen LogP contribution in [0.15, 0.2) is 17.5 Å². The molecule has 6 nitrogen and oxygen atoms in total. The highest BCUT2D eigenvalue weighted by Crippen LogP contribution is 2.23. The van der Waals surface area contributed by atoms with E-state index in [2.05, 4.69) is 22.4 Å². The van der Waals surface area contributed by atoms with Gasteiger partial charge in [-0.2, -0.15) is 0 Å². The van der Waals surface area contributed by atoms with E-state index < -0.39 is 0 Å². The van der Waals surface area contributed by atoms with Crippen molar-refractivity contribution in [3.05, 3.63) is 27.4 Å². The molecule has 1 N–H and O–H groups in total. The van der Waals surface area contributed by atoms with Gasteiger partial charge in [-0.1, -0.05) is 37.2 Å². The van der Waals surface area contributed by atoms with Gasteiger partial charge in [-0.05, 0) is 30.7 Å². The molecule has 3 rings (SSSR count). The summed E-state index contributed by atoms with van der Waals surface area (Å²) in [5.74, 6) is -0.239. The standard InChI is InChI=1S/C18H24N4O2S2/c1-2-3-4-9-15-20-21-18(26-15)19-16(23)13-7-5-10-22(12-13)17(24)14-8-6-11-25-14/h6,8,11,13H,2-5,7,9-10,12H2,1H3,(H,19,21,23). The fraction of sp³-hybridized carbons (Fsp3) is 0.556. The number of hydrogen-bond donors (Lipinski definition) is 1. The fourth-order valence-electron chi connectivity index (χ4n) is 3.07. The zero-order chi connectivity index (χ0) is 18.4. The summed E-state index contributed by atoms with van der Waals surface area (Å²) in [6.07, 6.45) is 5.99. The van der Waals surface area contributed by atoms with E-state index in [1.807, 2.05) is 17.5 Å². The van der Waals surface area contributed by atoms with Crippen LogP contribution in [-0.4, -0.2) is 40.0 Å². The lowest BCUT2D eigenvalue weighted by molar-refractivity contribution is -0.121.